The van der Waals surface area contributed by atoms with E-state index in [4.69, 9.17) is 4.98 Å². The first kappa shape index (κ1) is 33.0. The number of pyridine rings is 1. The van der Waals surface area contributed by atoms with E-state index in [1.165, 1.54) is 92.4 Å². The number of para-hydroxylation sites is 2. The number of aromatic nitrogens is 3. The summed E-state index contributed by atoms with van der Waals surface area (Å²) in [6.07, 6.45) is 1.90. The molecule has 0 aliphatic carbocycles. The molecule has 0 radical (unpaired) electrons. The highest BCUT2D eigenvalue weighted by Crippen LogP contribution is 2.41. The minimum absolute atomic E-state index is 1.01. The van der Waals surface area contributed by atoms with E-state index in [0.717, 1.165) is 28.0 Å². The maximum absolute atomic E-state index is 4.78. The minimum Gasteiger partial charge on any atom is -0.309 e. The predicted octanol–water partition coefficient (Wildman–Crippen LogP) is 15.2. The summed E-state index contributed by atoms with van der Waals surface area (Å²) >= 11 is 0. The monoisotopic (exact) mass is 761 g/mol. The molecule has 0 aliphatic rings. The molecule has 3 aromatic heterocycles. The Morgan fingerprint density at radius 2 is 0.700 bits per heavy atom. The number of hydrogen-bond acceptors (Lipinski definition) is 1. The van der Waals surface area contributed by atoms with Crippen molar-refractivity contribution in [2.24, 2.45) is 0 Å². The molecular weight excluding hydrogens is 727 g/mol. The molecule has 0 fully saturated rings. The molecule has 0 atom stereocenters. The van der Waals surface area contributed by atoms with Gasteiger partial charge in [0.1, 0.15) is 0 Å². The van der Waals surface area contributed by atoms with Gasteiger partial charge in [-0.05, 0) is 116 Å². The molecule has 0 spiro atoms. The second-order valence-electron chi connectivity index (χ2n) is 15.9. The van der Waals surface area contributed by atoms with Gasteiger partial charge in [0, 0.05) is 50.1 Å². The van der Waals surface area contributed by atoms with Gasteiger partial charge >= 0.3 is 0 Å². The molecule has 13 rings (SSSR count). The second-order valence-corrected chi connectivity index (χ2v) is 15.9. The summed E-state index contributed by atoms with van der Waals surface area (Å²) in [4.78, 5) is 4.78. The van der Waals surface area contributed by atoms with Crippen molar-refractivity contribution in [1.29, 1.82) is 0 Å². The van der Waals surface area contributed by atoms with Gasteiger partial charge < -0.3 is 9.13 Å². The minimum atomic E-state index is 1.01. The Kier molecular flexibility index (Phi) is 7.01. The van der Waals surface area contributed by atoms with Crippen molar-refractivity contribution in [1.82, 2.24) is 14.1 Å². The van der Waals surface area contributed by atoms with Crippen LogP contribution < -0.4 is 0 Å². The molecule has 0 aliphatic heterocycles. The normalized spacial score (nSPS) is 12.0. The van der Waals surface area contributed by atoms with E-state index >= 15 is 0 Å². The van der Waals surface area contributed by atoms with Crippen molar-refractivity contribution in [2.75, 3.05) is 0 Å². The van der Waals surface area contributed by atoms with Gasteiger partial charge in [0.15, 0.2) is 0 Å². The third-order valence-electron chi connectivity index (χ3n) is 12.7. The molecule has 0 amide bonds. The first-order chi connectivity index (χ1) is 29.8. The molecule has 10 aromatic carbocycles. The summed E-state index contributed by atoms with van der Waals surface area (Å²) in [5, 5.41) is 15.0. The Morgan fingerprint density at radius 3 is 1.30 bits per heavy atom. The van der Waals surface area contributed by atoms with Gasteiger partial charge in [-0.25, -0.2) is 0 Å². The van der Waals surface area contributed by atoms with Crippen LogP contribution in [0.1, 0.15) is 0 Å². The maximum atomic E-state index is 4.78. The highest BCUT2D eigenvalue weighted by Gasteiger charge is 2.18. The Bertz CT molecular complexity index is 3840. The predicted molar refractivity (Wildman–Crippen MR) is 254 cm³/mol. The first-order valence-corrected chi connectivity index (χ1v) is 20.6. The van der Waals surface area contributed by atoms with Crippen LogP contribution in [0.5, 0.6) is 0 Å². The van der Waals surface area contributed by atoms with Crippen LogP contribution in [0, 0.1) is 0 Å². The zero-order chi connectivity index (χ0) is 39.3. The molecule has 3 nitrogen and oxygen atoms in total. The molecule has 3 heteroatoms. The Hall–Kier alpha value is -8.01. The van der Waals surface area contributed by atoms with E-state index in [1.54, 1.807) is 0 Å². The lowest BCUT2D eigenvalue weighted by atomic mass is 9.94. The van der Waals surface area contributed by atoms with Crippen molar-refractivity contribution in [3.05, 3.63) is 212 Å². The van der Waals surface area contributed by atoms with Crippen LogP contribution in [0.15, 0.2) is 212 Å². The summed E-state index contributed by atoms with van der Waals surface area (Å²) in [5.74, 6) is 0. The zero-order valence-corrected chi connectivity index (χ0v) is 32.5. The van der Waals surface area contributed by atoms with Gasteiger partial charge in [0.05, 0.1) is 27.8 Å². The molecule has 3 heterocycles. The van der Waals surface area contributed by atoms with Gasteiger partial charge in [-0.15, -0.1) is 0 Å². The first-order valence-electron chi connectivity index (χ1n) is 20.6. The molecular formula is C57H35N3. The van der Waals surface area contributed by atoms with Gasteiger partial charge in [0.25, 0.3) is 0 Å². The lowest BCUT2D eigenvalue weighted by Crippen LogP contribution is -1.95. The number of hydrogen-bond donors (Lipinski definition) is 0. The maximum Gasteiger partial charge on any atom is 0.0780 e. The second kappa shape index (κ2) is 12.7. The number of nitrogens with zero attached hydrogens (tertiary/aromatic N) is 3. The lowest BCUT2D eigenvalue weighted by Gasteiger charge is -2.14. The summed E-state index contributed by atoms with van der Waals surface area (Å²) < 4.78 is 4.83. The van der Waals surface area contributed by atoms with E-state index in [9.17, 15) is 0 Å². The van der Waals surface area contributed by atoms with Crippen LogP contribution in [0.4, 0.5) is 0 Å². The number of fused-ring (bicyclic) bond motifs is 13. The zero-order valence-electron chi connectivity index (χ0n) is 32.5. The van der Waals surface area contributed by atoms with Crippen molar-refractivity contribution >= 4 is 86.7 Å². The van der Waals surface area contributed by atoms with Gasteiger partial charge in [-0.1, -0.05) is 140 Å². The smallest absolute Gasteiger partial charge is 0.0780 e. The third-order valence-corrected chi connectivity index (χ3v) is 12.7. The fourth-order valence-electron chi connectivity index (χ4n) is 10.0. The summed E-state index contributed by atoms with van der Waals surface area (Å²) in [6.45, 7) is 0. The number of benzene rings is 10. The summed E-state index contributed by atoms with van der Waals surface area (Å²) in [7, 11) is 0. The van der Waals surface area contributed by atoms with Crippen molar-refractivity contribution < 1.29 is 0 Å². The molecule has 278 valence electrons. The standard InChI is InChI=1S/C57H35N3/c1-2-12-42-36(11-1)31-32-58-57(42)37-21-25-40(26-22-37)59-53-19-9-7-17-48(53)51-33-38(23-29-55(51)59)39-24-30-56-52(34-39)49-18-8-10-20-54(49)60(56)41-27-28-47-45-15-4-3-13-43(45)44-14-5-6-16-46(44)50(47)35-41/h1-35H. The van der Waals surface area contributed by atoms with E-state index in [0.29, 0.717) is 0 Å². The van der Waals surface area contributed by atoms with E-state index in [2.05, 4.69) is 215 Å². The van der Waals surface area contributed by atoms with Crippen molar-refractivity contribution in [3.63, 3.8) is 0 Å². The summed E-state index contributed by atoms with van der Waals surface area (Å²) in [6, 6.07) is 75.5. The van der Waals surface area contributed by atoms with Crippen LogP contribution in [0.3, 0.4) is 0 Å². The largest absolute Gasteiger partial charge is 0.309 e. The van der Waals surface area contributed by atoms with Crippen LogP contribution in [0.2, 0.25) is 0 Å². The lowest BCUT2D eigenvalue weighted by molar-refractivity contribution is 1.18. The molecule has 0 N–H and O–H groups in total. The van der Waals surface area contributed by atoms with E-state index < -0.39 is 0 Å². The van der Waals surface area contributed by atoms with Crippen molar-refractivity contribution in [3.8, 4) is 33.8 Å². The fourth-order valence-corrected chi connectivity index (χ4v) is 10.0. The van der Waals surface area contributed by atoms with Crippen molar-refractivity contribution in [2.45, 2.75) is 0 Å². The average molecular weight is 762 g/mol. The van der Waals surface area contributed by atoms with Crippen LogP contribution in [-0.4, -0.2) is 14.1 Å². The quantitative estimate of drug-likeness (QED) is 0.164. The summed E-state index contributed by atoms with van der Waals surface area (Å²) in [5.41, 5.74) is 11.6. The topological polar surface area (TPSA) is 22.8 Å². The molecule has 0 bridgehead atoms. The van der Waals surface area contributed by atoms with Crippen LogP contribution in [0.25, 0.3) is 120 Å². The molecule has 13 aromatic rings. The highest BCUT2D eigenvalue weighted by molar-refractivity contribution is 6.25. The third kappa shape index (κ3) is 4.81. The number of rotatable bonds is 4. The molecule has 0 saturated heterocycles. The van der Waals surface area contributed by atoms with E-state index in [-0.39, 0.29) is 0 Å². The average Bonchev–Trinajstić information content (AvgIpc) is 3.83. The Morgan fingerprint density at radius 1 is 0.267 bits per heavy atom. The van der Waals surface area contributed by atoms with Crippen LogP contribution in [-0.2, 0) is 0 Å². The molecule has 0 unspecified atom stereocenters. The SMILES string of the molecule is c1ccc2c(-c3ccc(-n4c5ccccc5c5cc(-c6ccc7c(c6)c6ccccc6n7-c6ccc7c8ccccc8c8ccccc8c7c6)ccc54)cc3)nccc2c1. The van der Waals surface area contributed by atoms with Crippen LogP contribution >= 0.6 is 0 Å². The molecule has 0 saturated carbocycles. The Labute approximate surface area is 345 Å². The van der Waals surface area contributed by atoms with Gasteiger partial charge in [-0.2, -0.15) is 0 Å². The highest BCUT2D eigenvalue weighted by atomic mass is 15.0. The van der Waals surface area contributed by atoms with E-state index in [1.807, 2.05) is 6.20 Å². The fraction of sp³-hybridized carbons (Fsp3) is 0. The van der Waals surface area contributed by atoms with Gasteiger partial charge in [-0.3, -0.25) is 4.98 Å². The van der Waals surface area contributed by atoms with Gasteiger partial charge in [0.2, 0.25) is 0 Å². The molecule has 60 heavy (non-hydrogen) atoms. The Balaban J connectivity index is 0.943.